The molecule has 7 nitrogen and oxygen atoms in total. The Bertz CT molecular complexity index is 843. The van der Waals surface area contributed by atoms with Gasteiger partial charge >= 0.3 is 0 Å². The molecule has 0 saturated carbocycles. The predicted octanol–water partition coefficient (Wildman–Crippen LogP) is 1.16. The molecule has 0 aliphatic rings. The molecule has 24 heavy (non-hydrogen) atoms. The summed E-state index contributed by atoms with van der Waals surface area (Å²) in [5.74, 6) is -0.198. The molecule has 2 rings (SSSR count). The molecule has 0 aliphatic carbocycles. The second-order valence-electron chi connectivity index (χ2n) is 5.25. The van der Waals surface area contributed by atoms with Gasteiger partial charge in [0.25, 0.3) is 11.5 Å². The zero-order chi connectivity index (χ0) is 17.7. The van der Waals surface area contributed by atoms with Gasteiger partial charge in [-0.05, 0) is 37.3 Å². The van der Waals surface area contributed by atoms with Crippen molar-refractivity contribution in [1.29, 1.82) is 0 Å². The minimum atomic E-state index is -0.215. The Morgan fingerprint density at radius 3 is 2.83 bits per heavy atom. The van der Waals surface area contributed by atoms with Gasteiger partial charge in [-0.2, -0.15) is 0 Å². The number of H-pyrrole nitrogens is 1. The molecule has 1 aromatic carbocycles. The first kappa shape index (κ1) is 18.3. The van der Waals surface area contributed by atoms with E-state index in [2.05, 4.69) is 4.98 Å². The standard InChI is InChI=1S/C16H21N3O4S/c1-3-18(6-8-20)14(21)11-4-5-12-13(10-11)17-16(24)19(15(12)22)7-9-23-2/h4-5,10,20H,3,6-9H2,1-2H3,(H,17,24). The lowest BCUT2D eigenvalue weighted by atomic mass is 10.1. The van der Waals surface area contributed by atoms with Crippen molar-refractivity contribution in [3.05, 3.63) is 38.9 Å². The molecule has 130 valence electrons. The molecule has 8 heteroatoms. The normalized spacial score (nSPS) is 11.0. The highest BCUT2D eigenvalue weighted by atomic mass is 32.1. The Hall–Kier alpha value is -2.03. The number of likely N-dealkylation sites (N-methyl/N-ethyl adjacent to an activating group) is 1. The number of carbonyl (C=O) groups excluding carboxylic acids is 1. The molecule has 0 radical (unpaired) electrons. The summed E-state index contributed by atoms with van der Waals surface area (Å²) in [5, 5.41) is 9.50. The Balaban J connectivity index is 2.47. The number of aromatic amines is 1. The summed E-state index contributed by atoms with van der Waals surface area (Å²) in [6, 6.07) is 4.85. The Kier molecular flexibility index (Phi) is 6.24. The summed E-state index contributed by atoms with van der Waals surface area (Å²) in [7, 11) is 1.56. The second kappa shape index (κ2) is 8.18. The van der Waals surface area contributed by atoms with Crippen molar-refractivity contribution in [1.82, 2.24) is 14.5 Å². The maximum atomic E-state index is 12.5. The number of nitrogens with one attached hydrogen (secondary N) is 1. The van der Waals surface area contributed by atoms with Crippen molar-refractivity contribution in [2.75, 3.05) is 33.4 Å². The van der Waals surface area contributed by atoms with Crippen LogP contribution in [0, 0.1) is 4.77 Å². The van der Waals surface area contributed by atoms with E-state index in [0.717, 1.165) is 0 Å². The summed E-state index contributed by atoms with van der Waals surface area (Å²) in [5.41, 5.74) is 0.745. The maximum Gasteiger partial charge on any atom is 0.262 e. The van der Waals surface area contributed by atoms with E-state index >= 15 is 0 Å². The fourth-order valence-electron chi connectivity index (χ4n) is 2.48. The molecule has 0 bridgehead atoms. The number of benzene rings is 1. The monoisotopic (exact) mass is 351 g/mol. The third kappa shape index (κ3) is 3.72. The van der Waals surface area contributed by atoms with Crippen molar-refractivity contribution in [3.63, 3.8) is 0 Å². The van der Waals surface area contributed by atoms with E-state index in [1.165, 1.54) is 9.47 Å². The fraction of sp³-hybridized carbons (Fsp3) is 0.438. The molecule has 2 aromatic rings. The van der Waals surface area contributed by atoms with Gasteiger partial charge in [-0.15, -0.1) is 0 Å². The van der Waals surface area contributed by atoms with Crippen LogP contribution in [0.5, 0.6) is 0 Å². The van der Waals surface area contributed by atoms with Gasteiger partial charge in [-0.25, -0.2) is 0 Å². The molecule has 0 atom stereocenters. The number of methoxy groups -OCH3 is 1. The van der Waals surface area contributed by atoms with Gasteiger partial charge in [0.1, 0.15) is 0 Å². The predicted molar refractivity (Wildman–Crippen MR) is 93.9 cm³/mol. The van der Waals surface area contributed by atoms with Crippen molar-refractivity contribution < 1.29 is 14.6 Å². The van der Waals surface area contributed by atoms with E-state index in [1.807, 2.05) is 6.92 Å². The molecule has 1 amide bonds. The lowest BCUT2D eigenvalue weighted by molar-refractivity contribution is 0.0732. The molecule has 2 N–H and O–H groups in total. The Morgan fingerprint density at radius 1 is 1.46 bits per heavy atom. The number of carbonyl (C=O) groups is 1. The van der Waals surface area contributed by atoms with Crippen LogP contribution < -0.4 is 5.56 Å². The number of aliphatic hydroxyl groups is 1. The van der Waals surface area contributed by atoms with E-state index in [4.69, 9.17) is 22.1 Å². The maximum absolute atomic E-state index is 12.5. The molecule has 0 unspecified atom stereocenters. The summed E-state index contributed by atoms with van der Waals surface area (Å²) in [6.07, 6.45) is 0. The number of rotatable bonds is 7. The number of hydrogen-bond acceptors (Lipinski definition) is 5. The van der Waals surface area contributed by atoms with Gasteiger partial charge < -0.3 is 19.7 Å². The number of aromatic nitrogens is 2. The van der Waals surface area contributed by atoms with Crippen molar-refractivity contribution in [2.24, 2.45) is 0 Å². The van der Waals surface area contributed by atoms with Crippen LogP contribution in [0.3, 0.4) is 0 Å². The lowest BCUT2D eigenvalue weighted by Crippen LogP contribution is -2.33. The van der Waals surface area contributed by atoms with Crippen LogP contribution in [0.25, 0.3) is 10.9 Å². The van der Waals surface area contributed by atoms with Gasteiger partial charge in [0.15, 0.2) is 4.77 Å². The fourth-order valence-corrected chi connectivity index (χ4v) is 2.76. The molecule has 0 saturated heterocycles. The number of ether oxygens (including phenoxy) is 1. The van der Waals surface area contributed by atoms with Crippen LogP contribution in [0.1, 0.15) is 17.3 Å². The van der Waals surface area contributed by atoms with E-state index in [-0.39, 0.29) is 29.4 Å². The molecule has 1 heterocycles. The number of aliphatic hydroxyl groups excluding tert-OH is 1. The highest BCUT2D eigenvalue weighted by Crippen LogP contribution is 2.13. The average molecular weight is 351 g/mol. The lowest BCUT2D eigenvalue weighted by Gasteiger charge is -2.19. The van der Waals surface area contributed by atoms with Gasteiger partial charge in [0.05, 0.1) is 30.7 Å². The smallest absolute Gasteiger partial charge is 0.262 e. The number of fused-ring (bicyclic) bond motifs is 1. The van der Waals surface area contributed by atoms with E-state index in [0.29, 0.717) is 36.2 Å². The number of nitrogens with zero attached hydrogens (tertiary/aromatic N) is 2. The Morgan fingerprint density at radius 2 is 2.21 bits per heavy atom. The first-order chi connectivity index (χ1) is 11.5. The number of hydrogen-bond donors (Lipinski definition) is 2. The summed E-state index contributed by atoms with van der Waals surface area (Å²) >= 11 is 5.23. The summed E-state index contributed by atoms with van der Waals surface area (Å²) < 4.78 is 6.72. The second-order valence-corrected chi connectivity index (χ2v) is 5.64. The first-order valence-corrected chi connectivity index (χ1v) is 8.10. The molecule has 0 spiro atoms. The zero-order valence-electron chi connectivity index (χ0n) is 13.7. The van der Waals surface area contributed by atoms with Crippen molar-refractivity contribution in [3.8, 4) is 0 Å². The summed E-state index contributed by atoms with van der Waals surface area (Å²) in [6.45, 7) is 3.25. The van der Waals surface area contributed by atoms with Crippen molar-refractivity contribution >= 4 is 29.0 Å². The van der Waals surface area contributed by atoms with Crippen LogP contribution in [0.2, 0.25) is 0 Å². The largest absolute Gasteiger partial charge is 0.395 e. The van der Waals surface area contributed by atoms with E-state index in [9.17, 15) is 9.59 Å². The quantitative estimate of drug-likeness (QED) is 0.731. The third-order valence-electron chi connectivity index (χ3n) is 3.79. The highest BCUT2D eigenvalue weighted by molar-refractivity contribution is 7.71. The minimum Gasteiger partial charge on any atom is -0.395 e. The van der Waals surface area contributed by atoms with Crippen LogP contribution >= 0.6 is 12.2 Å². The molecule has 1 aromatic heterocycles. The average Bonchev–Trinajstić information content (AvgIpc) is 2.58. The zero-order valence-corrected chi connectivity index (χ0v) is 14.6. The first-order valence-electron chi connectivity index (χ1n) is 7.69. The SMILES string of the molecule is CCN(CCO)C(=O)c1ccc2c(=O)n(CCOC)c(=S)[nH]c2c1. The number of amides is 1. The van der Waals surface area contributed by atoms with Gasteiger partial charge in [-0.3, -0.25) is 14.2 Å². The van der Waals surface area contributed by atoms with Crippen LogP contribution in [0.4, 0.5) is 0 Å². The van der Waals surface area contributed by atoms with Crippen LogP contribution in [-0.4, -0.2) is 58.9 Å². The third-order valence-corrected chi connectivity index (χ3v) is 4.11. The van der Waals surface area contributed by atoms with E-state index < -0.39 is 0 Å². The van der Waals surface area contributed by atoms with Gasteiger partial charge in [0.2, 0.25) is 0 Å². The molecular formula is C16H21N3O4S. The topological polar surface area (TPSA) is 87.6 Å². The molecule has 0 aliphatic heterocycles. The summed E-state index contributed by atoms with van der Waals surface area (Å²) in [4.78, 5) is 29.5. The van der Waals surface area contributed by atoms with Crippen LogP contribution in [-0.2, 0) is 11.3 Å². The van der Waals surface area contributed by atoms with Gasteiger partial charge in [-0.1, -0.05) is 0 Å². The molecular weight excluding hydrogens is 330 g/mol. The molecule has 0 fully saturated rings. The van der Waals surface area contributed by atoms with Gasteiger partial charge in [0, 0.05) is 25.8 Å². The highest BCUT2D eigenvalue weighted by Gasteiger charge is 2.15. The van der Waals surface area contributed by atoms with Crippen molar-refractivity contribution in [2.45, 2.75) is 13.5 Å². The minimum absolute atomic E-state index is 0.0974. The van der Waals surface area contributed by atoms with Crippen LogP contribution in [0.15, 0.2) is 23.0 Å². The Labute approximate surface area is 144 Å². The van der Waals surface area contributed by atoms with E-state index in [1.54, 1.807) is 25.3 Å².